The van der Waals surface area contributed by atoms with Crippen LogP contribution in [-0.2, 0) is 10.0 Å². The molecule has 0 amide bonds. The highest BCUT2D eigenvalue weighted by atomic mass is 35.5. The monoisotopic (exact) mass is 470 g/mol. The van der Waals surface area contributed by atoms with E-state index in [2.05, 4.69) is 5.10 Å². The minimum Gasteiger partial charge on any atom is -0.493 e. The Hall–Kier alpha value is -3.03. The van der Waals surface area contributed by atoms with Crippen LogP contribution in [0.15, 0.2) is 76.7 Å². The molecule has 1 aliphatic rings. The maximum absolute atomic E-state index is 13.7. The first kappa shape index (κ1) is 22.2. The molecular formula is C24H23ClN2O4S. The van der Waals surface area contributed by atoms with Gasteiger partial charge in [-0.05, 0) is 48.4 Å². The molecule has 32 heavy (non-hydrogen) atoms. The molecule has 4 rings (SSSR count). The summed E-state index contributed by atoms with van der Waals surface area (Å²) in [5.74, 6) is 1.13. The number of hydrazone groups is 1. The van der Waals surface area contributed by atoms with Gasteiger partial charge in [-0.15, -0.1) is 0 Å². The number of methoxy groups -OCH3 is 2. The van der Waals surface area contributed by atoms with Crippen LogP contribution in [0.1, 0.15) is 29.2 Å². The van der Waals surface area contributed by atoms with Gasteiger partial charge in [0.05, 0.1) is 30.9 Å². The molecule has 1 atom stereocenters. The SMILES string of the molecule is COc1ccc(C2=NN(S(=O)(=O)c3ccccc3C)[C@H](c3ccccc3Cl)C2)cc1OC. The van der Waals surface area contributed by atoms with Gasteiger partial charge in [0.25, 0.3) is 10.0 Å². The Morgan fingerprint density at radius 3 is 2.34 bits per heavy atom. The molecule has 3 aromatic carbocycles. The zero-order valence-electron chi connectivity index (χ0n) is 17.9. The number of aryl methyl sites for hydroxylation is 1. The Balaban J connectivity index is 1.85. The lowest BCUT2D eigenvalue weighted by Gasteiger charge is -2.24. The average Bonchev–Trinajstić information content (AvgIpc) is 3.25. The van der Waals surface area contributed by atoms with Gasteiger partial charge in [-0.25, -0.2) is 0 Å². The third kappa shape index (κ3) is 3.94. The van der Waals surface area contributed by atoms with E-state index in [1.807, 2.05) is 30.3 Å². The first-order chi connectivity index (χ1) is 15.4. The Labute approximate surface area is 193 Å². The number of rotatable bonds is 6. The van der Waals surface area contributed by atoms with Crippen LogP contribution in [0.3, 0.4) is 0 Å². The summed E-state index contributed by atoms with van der Waals surface area (Å²) in [4.78, 5) is 0.217. The van der Waals surface area contributed by atoms with Gasteiger partial charge < -0.3 is 9.47 Å². The van der Waals surface area contributed by atoms with E-state index >= 15 is 0 Å². The highest BCUT2D eigenvalue weighted by molar-refractivity contribution is 7.89. The van der Waals surface area contributed by atoms with Gasteiger partial charge in [-0.2, -0.15) is 17.9 Å². The molecule has 0 aliphatic carbocycles. The molecule has 166 valence electrons. The number of ether oxygens (including phenoxy) is 2. The van der Waals surface area contributed by atoms with Gasteiger partial charge in [0.15, 0.2) is 11.5 Å². The van der Waals surface area contributed by atoms with Crippen molar-refractivity contribution in [3.8, 4) is 11.5 Å². The number of nitrogens with zero attached hydrogens (tertiary/aromatic N) is 2. The summed E-state index contributed by atoms with van der Waals surface area (Å²) in [6.45, 7) is 1.77. The summed E-state index contributed by atoms with van der Waals surface area (Å²) in [5.41, 5.74) is 2.72. The fraction of sp³-hybridized carbons (Fsp3) is 0.208. The van der Waals surface area contributed by atoms with Crippen molar-refractivity contribution in [2.45, 2.75) is 24.3 Å². The minimum absolute atomic E-state index is 0.217. The van der Waals surface area contributed by atoms with Crippen LogP contribution >= 0.6 is 11.6 Å². The molecule has 0 radical (unpaired) electrons. The number of hydrogen-bond donors (Lipinski definition) is 0. The van der Waals surface area contributed by atoms with Crippen LogP contribution in [0, 0.1) is 6.92 Å². The van der Waals surface area contributed by atoms with Crippen LogP contribution in [0.25, 0.3) is 0 Å². The highest BCUT2D eigenvalue weighted by Gasteiger charge is 2.39. The minimum atomic E-state index is -3.92. The quantitative estimate of drug-likeness (QED) is 0.496. The maximum Gasteiger partial charge on any atom is 0.279 e. The molecule has 0 saturated heterocycles. The number of sulfonamides is 1. The normalized spacial score (nSPS) is 16.1. The maximum atomic E-state index is 13.7. The van der Waals surface area contributed by atoms with Gasteiger partial charge in [0, 0.05) is 17.0 Å². The molecule has 3 aromatic rings. The second kappa shape index (κ2) is 8.84. The molecule has 1 aliphatic heterocycles. The second-order valence-corrected chi connectivity index (χ2v) is 9.57. The third-order valence-electron chi connectivity index (χ3n) is 5.47. The van der Waals surface area contributed by atoms with Gasteiger partial charge >= 0.3 is 0 Å². The molecule has 8 heteroatoms. The number of hydrogen-bond acceptors (Lipinski definition) is 5. The highest BCUT2D eigenvalue weighted by Crippen LogP contribution is 2.41. The Kier molecular flexibility index (Phi) is 6.13. The standard InChI is InChI=1S/C24H23ClN2O4S/c1-16-8-4-7-11-24(16)32(28,29)27-21(18-9-5-6-10-19(18)25)15-20(26-27)17-12-13-22(30-2)23(14-17)31-3/h4-14,21H,15H2,1-3H3/t21-/m0/s1. The predicted octanol–water partition coefficient (Wildman–Crippen LogP) is 5.21. The van der Waals surface area contributed by atoms with Crippen LogP contribution in [0.2, 0.25) is 5.02 Å². The predicted molar refractivity (Wildman–Crippen MR) is 125 cm³/mol. The summed E-state index contributed by atoms with van der Waals surface area (Å²) < 4.78 is 39.3. The summed E-state index contributed by atoms with van der Waals surface area (Å²) >= 11 is 6.47. The summed E-state index contributed by atoms with van der Waals surface area (Å²) in [5, 5.41) is 5.08. The zero-order valence-corrected chi connectivity index (χ0v) is 19.5. The Morgan fingerprint density at radius 2 is 1.66 bits per heavy atom. The molecule has 0 spiro atoms. The van der Waals surface area contributed by atoms with Gasteiger partial charge in [-0.1, -0.05) is 48.0 Å². The molecule has 0 N–H and O–H groups in total. The fourth-order valence-corrected chi connectivity index (χ4v) is 5.74. The van der Waals surface area contributed by atoms with Crippen molar-refractivity contribution in [2.24, 2.45) is 5.10 Å². The zero-order chi connectivity index (χ0) is 22.9. The fourth-order valence-electron chi connectivity index (χ4n) is 3.82. The third-order valence-corrected chi connectivity index (χ3v) is 7.66. The molecule has 0 bridgehead atoms. The summed E-state index contributed by atoms with van der Waals surface area (Å²) in [7, 11) is -0.802. The number of benzene rings is 3. The average molecular weight is 471 g/mol. The Bertz CT molecular complexity index is 1290. The molecular weight excluding hydrogens is 448 g/mol. The van der Waals surface area contributed by atoms with Crippen molar-refractivity contribution in [1.29, 1.82) is 0 Å². The smallest absolute Gasteiger partial charge is 0.279 e. The lowest BCUT2D eigenvalue weighted by Crippen LogP contribution is -2.28. The van der Waals surface area contributed by atoms with E-state index in [4.69, 9.17) is 21.1 Å². The van der Waals surface area contributed by atoms with E-state index in [9.17, 15) is 8.42 Å². The van der Waals surface area contributed by atoms with E-state index in [0.29, 0.717) is 39.8 Å². The largest absolute Gasteiger partial charge is 0.493 e. The number of halogens is 1. The Morgan fingerprint density at radius 1 is 0.969 bits per heavy atom. The van der Waals surface area contributed by atoms with Crippen molar-refractivity contribution in [2.75, 3.05) is 14.2 Å². The van der Waals surface area contributed by atoms with Crippen LogP contribution in [-0.4, -0.2) is 32.8 Å². The molecule has 0 unspecified atom stereocenters. The van der Waals surface area contributed by atoms with E-state index in [-0.39, 0.29) is 4.90 Å². The van der Waals surface area contributed by atoms with Gasteiger partial charge in [0.2, 0.25) is 0 Å². The molecule has 0 saturated carbocycles. The summed E-state index contributed by atoms with van der Waals surface area (Å²) in [6, 6.07) is 19.0. The topological polar surface area (TPSA) is 68.2 Å². The van der Waals surface area contributed by atoms with Crippen molar-refractivity contribution in [1.82, 2.24) is 4.41 Å². The van der Waals surface area contributed by atoms with Crippen molar-refractivity contribution < 1.29 is 17.9 Å². The molecule has 6 nitrogen and oxygen atoms in total. The van der Waals surface area contributed by atoms with Crippen LogP contribution in [0.4, 0.5) is 0 Å². The van der Waals surface area contributed by atoms with E-state index in [0.717, 1.165) is 5.56 Å². The van der Waals surface area contributed by atoms with Gasteiger partial charge in [-0.3, -0.25) is 0 Å². The van der Waals surface area contributed by atoms with E-state index in [1.54, 1.807) is 57.5 Å². The molecule has 1 heterocycles. The van der Waals surface area contributed by atoms with E-state index in [1.165, 1.54) is 4.41 Å². The second-order valence-electron chi connectivity index (χ2n) is 7.40. The first-order valence-corrected chi connectivity index (χ1v) is 11.8. The summed E-state index contributed by atoms with van der Waals surface area (Å²) in [6.07, 6.45) is 0.365. The molecule has 0 fully saturated rings. The van der Waals surface area contributed by atoms with Crippen molar-refractivity contribution in [3.05, 3.63) is 88.4 Å². The lowest BCUT2D eigenvalue weighted by atomic mass is 9.99. The van der Waals surface area contributed by atoms with Crippen LogP contribution < -0.4 is 9.47 Å². The van der Waals surface area contributed by atoms with Crippen molar-refractivity contribution >= 4 is 27.3 Å². The molecule has 0 aromatic heterocycles. The lowest BCUT2D eigenvalue weighted by molar-refractivity contribution is 0.355. The first-order valence-electron chi connectivity index (χ1n) is 10.0. The van der Waals surface area contributed by atoms with Crippen LogP contribution in [0.5, 0.6) is 11.5 Å². The van der Waals surface area contributed by atoms with Crippen molar-refractivity contribution in [3.63, 3.8) is 0 Å². The van der Waals surface area contributed by atoms with Gasteiger partial charge in [0.1, 0.15) is 0 Å². The van der Waals surface area contributed by atoms with E-state index < -0.39 is 16.1 Å².